The summed E-state index contributed by atoms with van der Waals surface area (Å²) in [7, 11) is 0. The fourth-order valence-electron chi connectivity index (χ4n) is 2.25. The average molecular weight is 255 g/mol. The molecule has 0 spiro atoms. The van der Waals surface area contributed by atoms with Crippen molar-refractivity contribution in [2.75, 3.05) is 18.1 Å². The zero-order valence-corrected chi connectivity index (χ0v) is 11.6. The first-order valence-corrected chi connectivity index (χ1v) is 8.27. The fraction of sp³-hybridized carbons (Fsp3) is 0.692. The fourth-order valence-corrected chi connectivity index (χ4v) is 4.35. The molecule has 1 aliphatic rings. The molecule has 2 unspecified atom stereocenters. The predicted octanol–water partition coefficient (Wildman–Crippen LogP) is 3.41. The van der Waals surface area contributed by atoms with E-state index in [9.17, 15) is 0 Å². The van der Waals surface area contributed by atoms with E-state index in [4.69, 9.17) is 0 Å². The molecule has 90 valence electrons. The van der Waals surface area contributed by atoms with Crippen LogP contribution in [0.25, 0.3) is 0 Å². The summed E-state index contributed by atoms with van der Waals surface area (Å²) in [6.07, 6.45) is 3.86. The van der Waals surface area contributed by atoms with Crippen LogP contribution < -0.4 is 5.32 Å². The zero-order chi connectivity index (χ0) is 11.2. The van der Waals surface area contributed by atoms with Gasteiger partial charge in [-0.1, -0.05) is 13.0 Å². The summed E-state index contributed by atoms with van der Waals surface area (Å²) in [5, 5.41) is 5.93. The Morgan fingerprint density at radius 3 is 3.12 bits per heavy atom. The quantitative estimate of drug-likeness (QED) is 0.836. The highest BCUT2D eigenvalue weighted by atomic mass is 32.2. The van der Waals surface area contributed by atoms with E-state index in [2.05, 4.69) is 41.5 Å². The van der Waals surface area contributed by atoms with Crippen molar-refractivity contribution in [2.45, 2.75) is 32.2 Å². The molecule has 2 rings (SSSR count). The smallest absolute Gasteiger partial charge is 0.0152 e. The van der Waals surface area contributed by atoms with E-state index in [1.165, 1.54) is 35.6 Å². The Labute approximate surface area is 107 Å². The van der Waals surface area contributed by atoms with Crippen molar-refractivity contribution in [2.24, 2.45) is 5.92 Å². The zero-order valence-electron chi connectivity index (χ0n) is 9.95. The van der Waals surface area contributed by atoms with Gasteiger partial charge < -0.3 is 5.32 Å². The molecule has 1 N–H and O–H groups in total. The summed E-state index contributed by atoms with van der Waals surface area (Å²) in [4.78, 5) is 1.53. The number of hydrogen-bond donors (Lipinski definition) is 1. The molecule has 0 aliphatic carbocycles. The highest BCUT2D eigenvalue weighted by molar-refractivity contribution is 7.99. The molecule has 1 nitrogen and oxygen atoms in total. The van der Waals surface area contributed by atoms with Crippen molar-refractivity contribution >= 4 is 23.1 Å². The molecule has 2 heterocycles. The van der Waals surface area contributed by atoms with Crippen LogP contribution in [0, 0.1) is 5.92 Å². The topological polar surface area (TPSA) is 12.0 Å². The molecule has 16 heavy (non-hydrogen) atoms. The lowest BCUT2D eigenvalue weighted by molar-refractivity contribution is 0.382. The number of hydrogen-bond acceptors (Lipinski definition) is 3. The molecular formula is C13H21NS2. The van der Waals surface area contributed by atoms with Gasteiger partial charge in [-0.05, 0) is 54.7 Å². The maximum Gasteiger partial charge on any atom is 0.0152 e. The first kappa shape index (κ1) is 12.5. The van der Waals surface area contributed by atoms with Gasteiger partial charge >= 0.3 is 0 Å². The molecule has 1 aromatic heterocycles. The van der Waals surface area contributed by atoms with Gasteiger partial charge in [0.15, 0.2) is 0 Å². The minimum Gasteiger partial charge on any atom is -0.313 e. The molecule has 1 aromatic rings. The molecular weight excluding hydrogens is 234 g/mol. The van der Waals surface area contributed by atoms with Gasteiger partial charge in [0, 0.05) is 10.9 Å². The van der Waals surface area contributed by atoms with Crippen LogP contribution in [-0.4, -0.2) is 24.1 Å². The monoisotopic (exact) mass is 255 g/mol. The Morgan fingerprint density at radius 2 is 2.50 bits per heavy atom. The summed E-state index contributed by atoms with van der Waals surface area (Å²) in [6, 6.07) is 5.14. The maximum absolute atomic E-state index is 3.74. The third-order valence-corrected chi connectivity index (χ3v) is 5.28. The molecule has 0 aromatic carbocycles. The average Bonchev–Trinajstić information content (AvgIpc) is 2.96. The Balaban J connectivity index is 1.90. The SMILES string of the molecule is CCCNC(Cc1cccs1)C1CCSC1. The van der Waals surface area contributed by atoms with E-state index < -0.39 is 0 Å². The molecule has 0 saturated carbocycles. The van der Waals surface area contributed by atoms with Crippen LogP contribution in [-0.2, 0) is 6.42 Å². The standard InChI is InChI=1S/C13H21NS2/c1-2-6-14-13(11-5-8-15-10-11)9-12-4-3-7-16-12/h3-4,7,11,13-14H,2,5-6,8-10H2,1H3. The van der Waals surface area contributed by atoms with Crippen molar-refractivity contribution in [1.82, 2.24) is 5.32 Å². The number of rotatable bonds is 6. The predicted molar refractivity (Wildman–Crippen MR) is 75.5 cm³/mol. The van der Waals surface area contributed by atoms with Crippen LogP contribution in [0.15, 0.2) is 17.5 Å². The Kier molecular flexibility index (Phi) is 5.20. The lowest BCUT2D eigenvalue weighted by atomic mass is 9.95. The van der Waals surface area contributed by atoms with Crippen molar-refractivity contribution in [1.29, 1.82) is 0 Å². The van der Waals surface area contributed by atoms with E-state index >= 15 is 0 Å². The first-order chi connectivity index (χ1) is 7.90. The third-order valence-electron chi connectivity index (χ3n) is 3.19. The normalized spacial score (nSPS) is 22.4. The number of thiophene rings is 1. The summed E-state index contributed by atoms with van der Waals surface area (Å²) in [6.45, 7) is 3.41. The van der Waals surface area contributed by atoms with Gasteiger partial charge in [0.25, 0.3) is 0 Å². The second-order valence-electron chi connectivity index (χ2n) is 4.47. The van der Waals surface area contributed by atoms with E-state index in [0.717, 1.165) is 12.5 Å². The van der Waals surface area contributed by atoms with Crippen LogP contribution >= 0.6 is 23.1 Å². The molecule has 0 radical (unpaired) electrons. The summed E-state index contributed by atoms with van der Waals surface area (Å²) < 4.78 is 0. The minimum atomic E-state index is 0.702. The Bertz CT molecular complexity index is 278. The van der Waals surface area contributed by atoms with Gasteiger partial charge in [-0.15, -0.1) is 11.3 Å². The van der Waals surface area contributed by atoms with Crippen molar-refractivity contribution < 1.29 is 0 Å². The van der Waals surface area contributed by atoms with Crippen LogP contribution in [0.5, 0.6) is 0 Å². The minimum absolute atomic E-state index is 0.702. The van der Waals surface area contributed by atoms with E-state index in [1.54, 1.807) is 0 Å². The first-order valence-electron chi connectivity index (χ1n) is 6.23. The van der Waals surface area contributed by atoms with E-state index in [0.29, 0.717) is 6.04 Å². The van der Waals surface area contributed by atoms with Crippen LogP contribution in [0.3, 0.4) is 0 Å². The highest BCUT2D eigenvalue weighted by Gasteiger charge is 2.25. The van der Waals surface area contributed by atoms with Crippen LogP contribution in [0.4, 0.5) is 0 Å². The Morgan fingerprint density at radius 1 is 1.56 bits per heavy atom. The molecule has 2 atom stereocenters. The van der Waals surface area contributed by atoms with Crippen molar-refractivity contribution in [3.63, 3.8) is 0 Å². The molecule has 3 heteroatoms. The maximum atomic E-state index is 3.74. The van der Waals surface area contributed by atoms with Gasteiger partial charge in [0.1, 0.15) is 0 Å². The lowest BCUT2D eigenvalue weighted by Crippen LogP contribution is -2.38. The number of thioether (sulfide) groups is 1. The highest BCUT2D eigenvalue weighted by Crippen LogP contribution is 2.28. The van der Waals surface area contributed by atoms with Gasteiger partial charge in [-0.3, -0.25) is 0 Å². The van der Waals surface area contributed by atoms with Crippen molar-refractivity contribution in [3.8, 4) is 0 Å². The third kappa shape index (κ3) is 3.51. The van der Waals surface area contributed by atoms with Gasteiger partial charge in [-0.2, -0.15) is 11.8 Å². The number of nitrogens with one attached hydrogen (secondary N) is 1. The molecule has 1 aliphatic heterocycles. The second-order valence-corrected chi connectivity index (χ2v) is 6.65. The Hall–Kier alpha value is 0.01000. The summed E-state index contributed by atoms with van der Waals surface area (Å²) >= 11 is 4.02. The summed E-state index contributed by atoms with van der Waals surface area (Å²) in [5.41, 5.74) is 0. The molecule has 0 amide bonds. The molecule has 0 bridgehead atoms. The van der Waals surface area contributed by atoms with Gasteiger partial charge in [0.05, 0.1) is 0 Å². The van der Waals surface area contributed by atoms with Crippen molar-refractivity contribution in [3.05, 3.63) is 22.4 Å². The van der Waals surface area contributed by atoms with Crippen LogP contribution in [0.1, 0.15) is 24.6 Å². The van der Waals surface area contributed by atoms with Gasteiger partial charge in [-0.25, -0.2) is 0 Å². The summed E-state index contributed by atoms with van der Waals surface area (Å²) in [5.74, 6) is 3.60. The van der Waals surface area contributed by atoms with E-state index in [1.807, 2.05) is 11.3 Å². The van der Waals surface area contributed by atoms with Gasteiger partial charge in [0.2, 0.25) is 0 Å². The van der Waals surface area contributed by atoms with Crippen LogP contribution in [0.2, 0.25) is 0 Å². The largest absolute Gasteiger partial charge is 0.313 e. The lowest BCUT2D eigenvalue weighted by Gasteiger charge is -2.23. The van der Waals surface area contributed by atoms with E-state index in [-0.39, 0.29) is 0 Å². The molecule has 1 saturated heterocycles. The molecule has 1 fully saturated rings. The second kappa shape index (κ2) is 6.67.